The normalized spacial score (nSPS) is 9.38. The molecule has 0 aliphatic heterocycles. The molecule has 0 atom stereocenters. The standard InChI is InChI=1S/C9H6O5.C8H6O4/c10-7(9(13)14)5-2-1-3-6(4-5)8(11)12;9-7(10)5-2-1-3-6(4-5)8(11)12/h1-4H,(H,11,12)(H,13,14);1-4H,(H,9,10)(H,11,12). The molecule has 0 saturated carbocycles. The maximum absolute atomic E-state index is 10.9. The quantitative estimate of drug-likeness (QED) is 0.458. The van der Waals surface area contributed by atoms with E-state index in [9.17, 15) is 24.0 Å². The number of aromatic carboxylic acids is 3. The fourth-order valence-electron chi connectivity index (χ4n) is 1.70. The fraction of sp³-hybridized carbons (Fsp3) is 0. The summed E-state index contributed by atoms with van der Waals surface area (Å²) in [5.41, 5.74) is -0.292. The second-order valence-corrected chi connectivity index (χ2v) is 4.71. The van der Waals surface area contributed by atoms with Crippen molar-refractivity contribution in [1.29, 1.82) is 0 Å². The molecule has 134 valence electrons. The third-order valence-corrected chi connectivity index (χ3v) is 2.92. The molecule has 4 N–H and O–H groups in total. The van der Waals surface area contributed by atoms with E-state index in [2.05, 4.69) is 0 Å². The van der Waals surface area contributed by atoms with Crippen molar-refractivity contribution in [3.05, 3.63) is 70.8 Å². The number of carboxylic acids is 4. The van der Waals surface area contributed by atoms with Gasteiger partial charge in [-0.05, 0) is 30.3 Å². The number of carbonyl (C=O) groups excluding carboxylic acids is 1. The van der Waals surface area contributed by atoms with E-state index >= 15 is 0 Å². The van der Waals surface area contributed by atoms with E-state index < -0.39 is 29.7 Å². The maximum atomic E-state index is 10.9. The van der Waals surface area contributed by atoms with Crippen LogP contribution in [0.25, 0.3) is 0 Å². The summed E-state index contributed by atoms with van der Waals surface area (Å²) < 4.78 is 0. The summed E-state index contributed by atoms with van der Waals surface area (Å²) in [6.07, 6.45) is 0. The van der Waals surface area contributed by atoms with Gasteiger partial charge in [0, 0.05) is 5.56 Å². The monoisotopic (exact) mass is 360 g/mol. The molecule has 0 radical (unpaired) electrons. The second-order valence-electron chi connectivity index (χ2n) is 4.71. The lowest BCUT2D eigenvalue weighted by Gasteiger charge is -1.97. The summed E-state index contributed by atoms with van der Waals surface area (Å²) in [5.74, 6) is -6.18. The Morgan fingerprint density at radius 3 is 1.15 bits per heavy atom. The van der Waals surface area contributed by atoms with E-state index in [0.29, 0.717) is 0 Å². The molecule has 26 heavy (non-hydrogen) atoms. The fourth-order valence-corrected chi connectivity index (χ4v) is 1.70. The summed E-state index contributed by atoms with van der Waals surface area (Å²) in [4.78, 5) is 52.5. The molecule has 0 aliphatic carbocycles. The van der Waals surface area contributed by atoms with Crippen LogP contribution in [-0.2, 0) is 4.79 Å². The molecule has 0 spiro atoms. The highest BCUT2D eigenvalue weighted by Gasteiger charge is 2.15. The molecule has 0 bridgehead atoms. The molecule has 0 fully saturated rings. The number of benzene rings is 2. The zero-order valence-corrected chi connectivity index (χ0v) is 12.9. The van der Waals surface area contributed by atoms with Gasteiger partial charge in [-0.3, -0.25) is 4.79 Å². The average Bonchev–Trinajstić information content (AvgIpc) is 2.61. The van der Waals surface area contributed by atoms with Crippen molar-refractivity contribution in [2.45, 2.75) is 0 Å². The number of rotatable bonds is 5. The lowest BCUT2D eigenvalue weighted by molar-refractivity contribution is -0.131. The summed E-state index contributed by atoms with van der Waals surface area (Å²) in [7, 11) is 0. The van der Waals surface area contributed by atoms with Crippen LogP contribution in [0.15, 0.2) is 48.5 Å². The van der Waals surface area contributed by atoms with Crippen molar-refractivity contribution < 1.29 is 44.4 Å². The lowest BCUT2D eigenvalue weighted by atomic mass is 10.1. The molecule has 0 aromatic heterocycles. The van der Waals surface area contributed by atoms with E-state index in [1.54, 1.807) is 0 Å². The highest BCUT2D eigenvalue weighted by molar-refractivity contribution is 6.40. The number of hydrogen-bond acceptors (Lipinski definition) is 5. The first-order valence-corrected chi connectivity index (χ1v) is 6.81. The molecule has 0 heterocycles. The summed E-state index contributed by atoms with van der Waals surface area (Å²) in [6.45, 7) is 0. The van der Waals surface area contributed by atoms with Crippen LogP contribution in [0, 0.1) is 0 Å². The van der Waals surface area contributed by atoms with Gasteiger partial charge in [-0.2, -0.15) is 0 Å². The molecule has 2 rings (SSSR count). The summed E-state index contributed by atoms with van der Waals surface area (Å²) >= 11 is 0. The van der Waals surface area contributed by atoms with Crippen LogP contribution < -0.4 is 0 Å². The zero-order chi connectivity index (χ0) is 19.9. The molecule has 0 saturated heterocycles. The van der Waals surface area contributed by atoms with Crippen molar-refractivity contribution in [2.75, 3.05) is 0 Å². The van der Waals surface area contributed by atoms with E-state index in [4.69, 9.17) is 20.4 Å². The largest absolute Gasteiger partial charge is 0.478 e. The minimum absolute atomic E-state index is 0.0186. The Hall–Kier alpha value is -4.01. The van der Waals surface area contributed by atoms with Crippen LogP contribution in [0.3, 0.4) is 0 Å². The van der Waals surface area contributed by atoms with Crippen molar-refractivity contribution in [1.82, 2.24) is 0 Å². The SMILES string of the molecule is O=C(O)C(=O)c1cccc(C(=O)O)c1.O=C(O)c1cccc(C(=O)O)c1. The Kier molecular flexibility index (Phi) is 6.73. The van der Waals surface area contributed by atoms with Crippen molar-refractivity contribution in [3.8, 4) is 0 Å². The van der Waals surface area contributed by atoms with Crippen LogP contribution in [0.1, 0.15) is 41.4 Å². The molecule has 0 unspecified atom stereocenters. The topological polar surface area (TPSA) is 166 Å². The third-order valence-electron chi connectivity index (χ3n) is 2.92. The van der Waals surface area contributed by atoms with Crippen LogP contribution in [-0.4, -0.2) is 50.1 Å². The highest BCUT2D eigenvalue weighted by atomic mass is 16.4. The molecular formula is C17H12O9. The van der Waals surface area contributed by atoms with Gasteiger partial charge in [0.15, 0.2) is 0 Å². The minimum atomic E-state index is -1.60. The molecular weight excluding hydrogens is 348 g/mol. The predicted molar refractivity (Wildman–Crippen MR) is 85.7 cm³/mol. The Morgan fingerprint density at radius 2 is 0.846 bits per heavy atom. The first-order chi connectivity index (χ1) is 12.1. The van der Waals surface area contributed by atoms with Gasteiger partial charge in [-0.25, -0.2) is 19.2 Å². The van der Waals surface area contributed by atoms with Gasteiger partial charge < -0.3 is 20.4 Å². The Morgan fingerprint density at radius 1 is 0.538 bits per heavy atom. The number of ketones is 1. The van der Waals surface area contributed by atoms with Gasteiger partial charge in [-0.1, -0.05) is 18.2 Å². The lowest BCUT2D eigenvalue weighted by Crippen LogP contribution is -2.13. The van der Waals surface area contributed by atoms with E-state index in [0.717, 1.165) is 12.1 Å². The van der Waals surface area contributed by atoms with Crippen molar-refractivity contribution >= 4 is 29.7 Å². The number of carboxylic acid groups (broad SMARTS) is 4. The molecule has 2 aromatic rings. The predicted octanol–water partition coefficient (Wildman–Crippen LogP) is 1.74. The molecule has 0 amide bonds. The van der Waals surface area contributed by atoms with Crippen LogP contribution in [0.5, 0.6) is 0 Å². The smallest absolute Gasteiger partial charge is 0.377 e. The van der Waals surface area contributed by atoms with Gasteiger partial charge in [0.1, 0.15) is 0 Å². The van der Waals surface area contributed by atoms with E-state index in [1.807, 2.05) is 0 Å². The van der Waals surface area contributed by atoms with Gasteiger partial charge in [0.25, 0.3) is 5.78 Å². The Balaban J connectivity index is 0.000000263. The van der Waals surface area contributed by atoms with Gasteiger partial charge >= 0.3 is 23.9 Å². The average molecular weight is 360 g/mol. The van der Waals surface area contributed by atoms with Gasteiger partial charge in [0.2, 0.25) is 0 Å². The van der Waals surface area contributed by atoms with Gasteiger partial charge in [0.05, 0.1) is 16.7 Å². The molecule has 2 aromatic carbocycles. The van der Waals surface area contributed by atoms with Crippen molar-refractivity contribution in [2.24, 2.45) is 0 Å². The van der Waals surface area contributed by atoms with Crippen LogP contribution >= 0.6 is 0 Å². The van der Waals surface area contributed by atoms with Crippen LogP contribution in [0.4, 0.5) is 0 Å². The molecule has 0 aliphatic rings. The zero-order valence-electron chi connectivity index (χ0n) is 12.9. The van der Waals surface area contributed by atoms with E-state index in [1.165, 1.54) is 36.4 Å². The summed E-state index contributed by atoms with van der Waals surface area (Å²) in [5, 5.41) is 33.9. The van der Waals surface area contributed by atoms with E-state index in [-0.39, 0.29) is 22.3 Å². The third kappa shape index (κ3) is 5.57. The second kappa shape index (κ2) is 8.73. The minimum Gasteiger partial charge on any atom is -0.478 e. The number of hydrogen-bond donors (Lipinski definition) is 4. The Bertz CT molecular complexity index is 854. The first kappa shape index (κ1) is 20.0. The van der Waals surface area contributed by atoms with Crippen LogP contribution in [0.2, 0.25) is 0 Å². The molecule has 9 nitrogen and oxygen atoms in total. The van der Waals surface area contributed by atoms with Crippen molar-refractivity contribution in [3.63, 3.8) is 0 Å². The number of aliphatic carboxylic acids is 1. The summed E-state index contributed by atoms with van der Waals surface area (Å²) in [6, 6.07) is 10.1. The number of carbonyl (C=O) groups is 5. The first-order valence-electron chi connectivity index (χ1n) is 6.81. The highest BCUT2D eigenvalue weighted by Crippen LogP contribution is 2.06. The Labute approximate surface area is 145 Å². The number of Topliss-reactive ketones (excluding diaryl/α,β-unsaturated/α-hetero) is 1. The maximum Gasteiger partial charge on any atom is 0.377 e. The van der Waals surface area contributed by atoms with Gasteiger partial charge in [-0.15, -0.1) is 0 Å². The molecule has 9 heteroatoms.